The molecule has 4 heteroatoms. The van der Waals surface area contributed by atoms with E-state index in [-0.39, 0.29) is 35.3 Å². The van der Waals surface area contributed by atoms with E-state index in [9.17, 15) is 5.11 Å². The van der Waals surface area contributed by atoms with E-state index in [1.165, 1.54) is 51.4 Å². The minimum absolute atomic E-state index is 0. The van der Waals surface area contributed by atoms with Crippen LogP contribution in [0.4, 0.5) is 0 Å². The summed E-state index contributed by atoms with van der Waals surface area (Å²) in [6.45, 7) is 5.98. The van der Waals surface area contributed by atoms with Crippen molar-refractivity contribution < 1.29 is 5.11 Å². The van der Waals surface area contributed by atoms with E-state index in [2.05, 4.69) is 6.92 Å². The molecule has 0 aliphatic rings. The highest BCUT2D eigenvalue weighted by molar-refractivity contribution is 8.93. The molecule has 0 aromatic rings. The zero-order valence-electron chi connectivity index (χ0n) is 12.3. The molecule has 0 rings (SSSR count). The highest BCUT2D eigenvalue weighted by atomic mass is 79.9. The Morgan fingerprint density at radius 1 is 1.00 bits per heavy atom. The first-order chi connectivity index (χ1) is 7.48. The number of hydrogen-bond acceptors (Lipinski definition) is 2. The second-order valence-corrected chi connectivity index (χ2v) is 5.39. The number of aliphatic hydroxyl groups is 1. The molecule has 3 N–H and O–H groups in total. The van der Waals surface area contributed by atoms with Gasteiger partial charge in [-0.05, 0) is 19.3 Å². The van der Waals surface area contributed by atoms with Crippen LogP contribution in [0.15, 0.2) is 0 Å². The summed E-state index contributed by atoms with van der Waals surface area (Å²) in [6, 6.07) is 0. The first-order valence-corrected chi connectivity index (χ1v) is 6.99. The Balaban J connectivity index is -0.00000112. The zero-order chi connectivity index (χ0) is 12.4. The smallest absolute Gasteiger partial charge is 0.113 e. The fourth-order valence-electron chi connectivity index (χ4n) is 1.88. The van der Waals surface area contributed by atoms with Crippen LogP contribution in [0.1, 0.15) is 78.6 Å². The Labute approximate surface area is 130 Å². The lowest BCUT2D eigenvalue weighted by Crippen LogP contribution is -2.42. The molecule has 0 heterocycles. The van der Waals surface area contributed by atoms with Crippen LogP contribution in [0.25, 0.3) is 0 Å². The molecule has 0 aliphatic heterocycles. The normalized spacial score (nSPS) is 15.2. The fourth-order valence-corrected chi connectivity index (χ4v) is 1.88. The second kappa shape index (κ2) is 14.1. The summed E-state index contributed by atoms with van der Waals surface area (Å²) in [7, 11) is 0. The van der Waals surface area contributed by atoms with Crippen molar-refractivity contribution in [3.8, 4) is 0 Å². The summed E-state index contributed by atoms with van der Waals surface area (Å²) >= 11 is 0. The average molecular weight is 347 g/mol. The van der Waals surface area contributed by atoms with Gasteiger partial charge in [0.05, 0.1) is 0 Å². The highest BCUT2D eigenvalue weighted by Crippen LogP contribution is 2.18. The Kier molecular flexibility index (Phi) is 18.6. The summed E-state index contributed by atoms with van der Waals surface area (Å²) < 4.78 is 0. The minimum Gasteiger partial charge on any atom is -0.376 e. The van der Waals surface area contributed by atoms with Gasteiger partial charge in [0.1, 0.15) is 5.72 Å². The molecule has 0 bridgehead atoms. The average Bonchev–Trinajstić information content (AvgIpc) is 2.20. The molecule has 0 amide bonds. The van der Waals surface area contributed by atoms with Crippen molar-refractivity contribution in [1.29, 1.82) is 0 Å². The lowest BCUT2D eigenvalue weighted by molar-refractivity contribution is 0.00810. The molecule has 0 aromatic heterocycles. The molecule has 0 aromatic carbocycles. The molecule has 18 heavy (non-hydrogen) atoms. The predicted molar refractivity (Wildman–Crippen MR) is 88.8 cm³/mol. The summed E-state index contributed by atoms with van der Waals surface area (Å²) in [5, 5.41) is 9.56. The van der Waals surface area contributed by atoms with Crippen molar-refractivity contribution in [2.75, 3.05) is 0 Å². The van der Waals surface area contributed by atoms with Crippen LogP contribution in [0, 0.1) is 5.92 Å². The topological polar surface area (TPSA) is 46.2 Å². The van der Waals surface area contributed by atoms with Gasteiger partial charge in [-0.3, -0.25) is 0 Å². The van der Waals surface area contributed by atoms with Crippen LogP contribution >= 0.6 is 29.4 Å². The van der Waals surface area contributed by atoms with Gasteiger partial charge >= 0.3 is 0 Å². The van der Waals surface area contributed by atoms with Gasteiger partial charge in [0.25, 0.3) is 0 Å². The van der Waals surface area contributed by atoms with Gasteiger partial charge in [-0.1, -0.05) is 65.2 Å². The van der Waals surface area contributed by atoms with Gasteiger partial charge in [0.15, 0.2) is 0 Å². The Morgan fingerprint density at radius 3 is 1.78 bits per heavy atom. The standard InChI is InChI=1S/C14H31NO.BrH.ClH/c1-4-5-6-7-8-9-10-11-12-13(2)14(3,15)16;;/h13,16H,4-12,15H2,1-3H3;2*1H. The quantitative estimate of drug-likeness (QED) is 0.440. The van der Waals surface area contributed by atoms with Crippen LogP contribution in [-0.4, -0.2) is 10.8 Å². The fraction of sp³-hybridized carbons (Fsp3) is 1.00. The Morgan fingerprint density at radius 2 is 1.39 bits per heavy atom. The number of unbranched alkanes of at least 4 members (excludes halogenated alkanes) is 7. The monoisotopic (exact) mass is 345 g/mol. The van der Waals surface area contributed by atoms with Crippen molar-refractivity contribution in [3.63, 3.8) is 0 Å². The van der Waals surface area contributed by atoms with E-state index < -0.39 is 5.72 Å². The van der Waals surface area contributed by atoms with E-state index in [1.807, 2.05) is 6.92 Å². The third kappa shape index (κ3) is 14.7. The molecular formula is C14H33BrClNO. The molecule has 0 saturated heterocycles. The van der Waals surface area contributed by atoms with Crippen LogP contribution in [0.5, 0.6) is 0 Å². The Hall–Kier alpha value is 0.690. The molecular weight excluding hydrogens is 314 g/mol. The maximum absolute atomic E-state index is 9.56. The number of rotatable bonds is 10. The molecule has 0 fully saturated rings. The summed E-state index contributed by atoms with van der Waals surface area (Å²) in [6.07, 6.45) is 11.7. The van der Waals surface area contributed by atoms with Crippen molar-refractivity contribution in [1.82, 2.24) is 0 Å². The van der Waals surface area contributed by atoms with Crippen LogP contribution in [-0.2, 0) is 0 Å². The van der Waals surface area contributed by atoms with Gasteiger partial charge in [0, 0.05) is 0 Å². The van der Waals surface area contributed by atoms with Crippen molar-refractivity contribution in [3.05, 3.63) is 0 Å². The number of hydrogen-bond donors (Lipinski definition) is 2. The third-order valence-electron chi connectivity index (χ3n) is 3.49. The lowest BCUT2D eigenvalue weighted by atomic mass is 9.93. The molecule has 0 aliphatic carbocycles. The number of nitrogens with two attached hydrogens (primary N) is 1. The minimum atomic E-state index is -0.999. The van der Waals surface area contributed by atoms with E-state index in [0.717, 1.165) is 6.42 Å². The molecule has 0 saturated carbocycles. The van der Waals surface area contributed by atoms with E-state index in [0.29, 0.717) is 0 Å². The SMILES string of the molecule is Br.CCCCCCCCCCC(C)C(C)(N)O.Cl. The van der Waals surface area contributed by atoms with Gasteiger partial charge in [-0.25, -0.2) is 0 Å². The lowest BCUT2D eigenvalue weighted by Gasteiger charge is -2.25. The third-order valence-corrected chi connectivity index (χ3v) is 3.49. The molecule has 0 spiro atoms. The maximum atomic E-state index is 9.56. The van der Waals surface area contributed by atoms with E-state index >= 15 is 0 Å². The van der Waals surface area contributed by atoms with Crippen LogP contribution in [0.3, 0.4) is 0 Å². The molecule has 2 unspecified atom stereocenters. The van der Waals surface area contributed by atoms with Crippen molar-refractivity contribution in [2.24, 2.45) is 11.7 Å². The van der Waals surface area contributed by atoms with Gasteiger partial charge in [0.2, 0.25) is 0 Å². The first kappa shape index (κ1) is 23.8. The number of halogens is 2. The second-order valence-electron chi connectivity index (χ2n) is 5.39. The summed E-state index contributed by atoms with van der Waals surface area (Å²) in [5.41, 5.74) is 4.63. The predicted octanol–water partition coefficient (Wildman–Crippen LogP) is 4.82. The van der Waals surface area contributed by atoms with Crippen molar-refractivity contribution >= 4 is 29.4 Å². The Bertz CT molecular complexity index is 162. The van der Waals surface area contributed by atoms with Crippen LogP contribution < -0.4 is 5.73 Å². The summed E-state index contributed by atoms with van der Waals surface area (Å²) in [5.74, 6) is 0.201. The first-order valence-electron chi connectivity index (χ1n) is 6.99. The highest BCUT2D eigenvalue weighted by Gasteiger charge is 2.21. The van der Waals surface area contributed by atoms with Gasteiger partial charge < -0.3 is 10.8 Å². The van der Waals surface area contributed by atoms with Gasteiger partial charge in [-0.15, -0.1) is 29.4 Å². The molecule has 0 radical (unpaired) electrons. The van der Waals surface area contributed by atoms with Crippen LogP contribution in [0.2, 0.25) is 0 Å². The van der Waals surface area contributed by atoms with E-state index in [4.69, 9.17) is 5.73 Å². The van der Waals surface area contributed by atoms with Gasteiger partial charge in [-0.2, -0.15) is 0 Å². The van der Waals surface area contributed by atoms with E-state index in [1.54, 1.807) is 6.92 Å². The summed E-state index contributed by atoms with van der Waals surface area (Å²) in [4.78, 5) is 0. The molecule has 2 atom stereocenters. The maximum Gasteiger partial charge on any atom is 0.113 e. The molecule has 2 nitrogen and oxygen atoms in total. The van der Waals surface area contributed by atoms with Crippen molar-refractivity contribution in [2.45, 2.75) is 84.3 Å². The zero-order valence-corrected chi connectivity index (χ0v) is 14.8. The largest absolute Gasteiger partial charge is 0.376 e. The molecule has 114 valence electrons.